The smallest absolute Gasteiger partial charge is 0.232 e. The second kappa shape index (κ2) is 11.0. The predicted molar refractivity (Wildman–Crippen MR) is 123 cm³/mol. The molecule has 0 radical (unpaired) electrons. The van der Waals surface area contributed by atoms with Crippen molar-refractivity contribution in [1.29, 1.82) is 5.26 Å². The van der Waals surface area contributed by atoms with E-state index in [9.17, 15) is 5.26 Å². The lowest BCUT2D eigenvalue weighted by molar-refractivity contribution is 0.0378. The number of aromatic nitrogens is 1. The maximum absolute atomic E-state index is 9.42. The number of hydrogen-bond acceptors (Lipinski definition) is 7. The van der Waals surface area contributed by atoms with Crippen LogP contribution in [0.5, 0.6) is 5.75 Å². The fourth-order valence-corrected chi connectivity index (χ4v) is 3.63. The molecule has 7 nitrogen and oxygen atoms in total. The molecular formula is C24H25ClN4O3. The number of anilines is 1. The Morgan fingerprint density at radius 2 is 1.91 bits per heavy atom. The lowest BCUT2D eigenvalue weighted by Gasteiger charge is -2.26. The van der Waals surface area contributed by atoms with E-state index < -0.39 is 0 Å². The number of ether oxygens (including phenoxy) is 2. The van der Waals surface area contributed by atoms with Crippen LogP contribution in [0.1, 0.15) is 17.7 Å². The molecule has 4 rings (SSSR count). The standard InChI is InChI=1S/C24H25ClN4O3/c25-21-5-2-1-4-19(21)17-31-20-8-6-18(7-9-20)23-28-22(16-26)24(32-23)27-10-3-11-29-12-14-30-15-13-29/h1-2,4-9,27H,3,10-15,17H2. The number of nitrogens with one attached hydrogen (secondary N) is 1. The summed E-state index contributed by atoms with van der Waals surface area (Å²) in [5, 5.41) is 13.3. The van der Waals surface area contributed by atoms with Gasteiger partial charge in [-0.1, -0.05) is 29.8 Å². The van der Waals surface area contributed by atoms with Crippen molar-refractivity contribution in [2.75, 3.05) is 44.7 Å². The minimum Gasteiger partial charge on any atom is -0.489 e. The van der Waals surface area contributed by atoms with E-state index in [0.29, 0.717) is 35.7 Å². The van der Waals surface area contributed by atoms with Crippen molar-refractivity contribution in [3.8, 4) is 23.3 Å². The summed E-state index contributed by atoms with van der Waals surface area (Å²) in [6.45, 7) is 5.59. The monoisotopic (exact) mass is 452 g/mol. The van der Waals surface area contributed by atoms with Gasteiger partial charge in [0, 0.05) is 35.8 Å². The molecule has 1 aromatic heterocycles. The molecule has 0 aliphatic carbocycles. The van der Waals surface area contributed by atoms with Crippen molar-refractivity contribution in [3.63, 3.8) is 0 Å². The second-order valence-electron chi connectivity index (χ2n) is 7.45. The molecule has 0 spiro atoms. The van der Waals surface area contributed by atoms with Gasteiger partial charge >= 0.3 is 0 Å². The highest BCUT2D eigenvalue weighted by Crippen LogP contribution is 2.27. The van der Waals surface area contributed by atoms with Crippen molar-refractivity contribution in [2.24, 2.45) is 0 Å². The van der Waals surface area contributed by atoms with Gasteiger partial charge in [0.2, 0.25) is 17.5 Å². The van der Waals surface area contributed by atoms with Crippen molar-refractivity contribution in [1.82, 2.24) is 9.88 Å². The number of halogens is 1. The zero-order valence-electron chi connectivity index (χ0n) is 17.7. The van der Waals surface area contributed by atoms with Crippen LogP contribution in [0.3, 0.4) is 0 Å². The van der Waals surface area contributed by atoms with Gasteiger partial charge in [0.1, 0.15) is 18.4 Å². The number of rotatable bonds is 9. The number of nitriles is 1. The van der Waals surface area contributed by atoms with Crippen LogP contribution >= 0.6 is 11.6 Å². The highest BCUT2D eigenvalue weighted by Gasteiger charge is 2.15. The first-order valence-corrected chi connectivity index (χ1v) is 11.0. The molecule has 0 atom stereocenters. The molecule has 1 aliphatic heterocycles. The van der Waals surface area contributed by atoms with Gasteiger partial charge < -0.3 is 19.2 Å². The van der Waals surface area contributed by atoms with Crippen molar-refractivity contribution < 1.29 is 13.9 Å². The molecule has 0 bridgehead atoms. The van der Waals surface area contributed by atoms with Crippen LogP contribution in [0, 0.1) is 11.3 Å². The quantitative estimate of drug-likeness (QED) is 0.475. The van der Waals surface area contributed by atoms with Crippen LogP contribution < -0.4 is 10.1 Å². The van der Waals surface area contributed by atoms with E-state index in [2.05, 4.69) is 21.3 Å². The summed E-state index contributed by atoms with van der Waals surface area (Å²) < 4.78 is 17.0. The van der Waals surface area contributed by atoms with E-state index in [1.165, 1.54) is 0 Å². The summed E-state index contributed by atoms with van der Waals surface area (Å²) in [6, 6.07) is 17.1. The minimum atomic E-state index is 0.255. The zero-order valence-corrected chi connectivity index (χ0v) is 18.5. The first-order valence-electron chi connectivity index (χ1n) is 10.6. The lowest BCUT2D eigenvalue weighted by Crippen LogP contribution is -2.37. The molecular weight excluding hydrogens is 428 g/mol. The Balaban J connectivity index is 1.32. The fraction of sp³-hybridized carbons (Fsp3) is 0.333. The third-order valence-corrected chi connectivity index (χ3v) is 5.60. The van der Waals surface area contributed by atoms with Gasteiger partial charge in [-0.05, 0) is 43.3 Å². The average molecular weight is 453 g/mol. The lowest BCUT2D eigenvalue weighted by atomic mass is 10.2. The molecule has 2 heterocycles. The van der Waals surface area contributed by atoms with Crippen molar-refractivity contribution >= 4 is 17.5 Å². The molecule has 3 aromatic rings. The van der Waals surface area contributed by atoms with Gasteiger partial charge in [-0.3, -0.25) is 4.90 Å². The molecule has 1 N–H and O–H groups in total. The summed E-state index contributed by atoms with van der Waals surface area (Å²) in [4.78, 5) is 6.70. The minimum absolute atomic E-state index is 0.255. The third kappa shape index (κ3) is 5.80. The van der Waals surface area contributed by atoms with E-state index in [4.69, 9.17) is 25.5 Å². The highest BCUT2D eigenvalue weighted by molar-refractivity contribution is 6.31. The summed E-state index contributed by atoms with van der Waals surface area (Å²) in [5.74, 6) is 1.51. The van der Waals surface area contributed by atoms with Gasteiger partial charge in [-0.2, -0.15) is 10.2 Å². The SMILES string of the molecule is N#Cc1nc(-c2ccc(OCc3ccccc3Cl)cc2)oc1NCCCN1CCOCC1. The fourth-order valence-electron chi connectivity index (χ4n) is 3.44. The normalized spacial score (nSPS) is 14.1. The second-order valence-corrected chi connectivity index (χ2v) is 7.85. The topological polar surface area (TPSA) is 83.5 Å². The molecule has 32 heavy (non-hydrogen) atoms. The molecule has 0 amide bonds. The molecule has 1 saturated heterocycles. The van der Waals surface area contributed by atoms with Crippen molar-refractivity contribution in [2.45, 2.75) is 13.0 Å². The van der Waals surface area contributed by atoms with E-state index in [0.717, 1.165) is 50.4 Å². The van der Waals surface area contributed by atoms with Gasteiger partial charge in [0.25, 0.3) is 0 Å². The van der Waals surface area contributed by atoms with E-state index in [-0.39, 0.29) is 5.69 Å². The molecule has 2 aromatic carbocycles. The third-order valence-electron chi connectivity index (χ3n) is 5.23. The van der Waals surface area contributed by atoms with Crippen LogP contribution in [0.15, 0.2) is 52.9 Å². The Morgan fingerprint density at radius 1 is 1.12 bits per heavy atom. The first kappa shape index (κ1) is 22.2. The summed E-state index contributed by atoms with van der Waals surface area (Å²) in [7, 11) is 0. The van der Waals surface area contributed by atoms with Crippen LogP contribution in [-0.4, -0.2) is 49.3 Å². The van der Waals surface area contributed by atoms with E-state index in [1.54, 1.807) is 0 Å². The molecule has 1 aliphatic rings. The summed E-state index contributed by atoms with van der Waals surface area (Å²) in [5.41, 5.74) is 1.95. The van der Waals surface area contributed by atoms with Crippen LogP contribution in [0.25, 0.3) is 11.5 Å². The summed E-state index contributed by atoms with van der Waals surface area (Å²) >= 11 is 6.17. The van der Waals surface area contributed by atoms with E-state index >= 15 is 0 Å². The van der Waals surface area contributed by atoms with E-state index in [1.807, 2.05) is 48.5 Å². The number of nitrogens with zero attached hydrogens (tertiary/aromatic N) is 3. The maximum Gasteiger partial charge on any atom is 0.232 e. The molecule has 8 heteroatoms. The predicted octanol–water partition coefficient (Wildman–Crippen LogP) is 4.58. The molecule has 0 unspecified atom stereocenters. The Kier molecular flexibility index (Phi) is 7.62. The van der Waals surface area contributed by atoms with Crippen LogP contribution in [0.2, 0.25) is 5.02 Å². The van der Waals surface area contributed by atoms with Gasteiger partial charge in [-0.15, -0.1) is 0 Å². The molecule has 0 saturated carbocycles. The van der Waals surface area contributed by atoms with Gasteiger partial charge in [0.15, 0.2) is 0 Å². The Bertz CT molecular complexity index is 1060. The van der Waals surface area contributed by atoms with Gasteiger partial charge in [0.05, 0.1) is 13.2 Å². The Labute approximate surface area is 192 Å². The molecule has 166 valence electrons. The highest BCUT2D eigenvalue weighted by atomic mass is 35.5. The Morgan fingerprint density at radius 3 is 2.66 bits per heavy atom. The zero-order chi connectivity index (χ0) is 22.2. The van der Waals surface area contributed by atoms with Crippen LogP contribution in [-0.2, 0) is 11.3 Å². The molecule has 1 fully saturated rings. The first-order chi connectivity index (χ1) is 15.7. The van der Waals surface area contributed by atoms with Crippen molar-refractivity contribution in [3.05, 3.63) is 64.8 Å². The largest absolute Gasteiger partial charge is 0.489 e. The number of morpholine rings is 1. The summed E-state index contributed by atoms with van der Waals surface area (Å²) in [6.07, 6.45) is 0.943. The Hall–Kier alpha value is -3.05. The number of oxazole rings is 1. The maximum atomic E-state index is 9.42. The van der Waals surface area contributed by atoms with Gasteiger partial charge in [-0.25, -0.2) is 0 Å². The number of benzene rings is 2. The number of hydrogen-bond donors (Lipinski definition) is 1. The average Bonchev–Trinajstić information content (AvgIpc) is 3.25. The van der Waals surface area contributed by atoms with Crippen LogP contribution in [0.4, 0.5) is 5.88 Å².